The van der Waals surface area contributed by atoms with Crippen molar-refractivity contribution in [3.8, 4) is 0 Å². The van der Waals surface area contributed by atoms with Crippen LogP contribution in [0.3, 0.4) is 0 Å². The molecule has 0 saturated heterocycles. The molecule has 1 unspecified atom stereocenters. The van der Waals surface area contributed by atoms with Crippen molar-refractivity contribution in [1.29, 1.82) is 0 Å². The Kier molecular flexibility index (Phi) is 3.97. The molecule has 0 aliphatic heterocycles. The summed E-state index contributed by atoms with van der Waals surface area (Å²) in [7, 11) is 1.69. The van der Waals surface area contributed by atoms with Crippen LogP contribution >= 0.6 is 0 Å². The molecule has 0 aliphatic rings. The summed E-state index contributed by atoms with van der Waals surface area (Å²) in [5.41, 5.74) is 0.955. The molecule has 0 radical (unpaired) electrons. The highest BCUT2D eigenvalue weighted by Gasteiger charge is 2.21. The number of benzene rings is 1. The van der Waals surface area contributed by atoms with Gasteiger partial charge in [0.05, 0.1) is 0 Å². The average molecular weight is 278 g/mol. The Morgan fingerprint density at radius 3 is 2.70 bits per heavy atom. The van der Waals surface area contributed by atoms with Gasteiger partial charge in [0.2, 0.25) is 12.1 Å². The Morgan fingerprint density at radius 1 is 1.45 bits per heavy atom. The summed E-state index contributed by atoms with van der Waals surface area (Å²) in [5.74, 6) is -0.111. The minimum absolute atomic E-state index is 0.0467. The first-order valence-corrected chi connectivity index (χ1v) is 6.14. The number of imidazole rings is 1. The molecule has 0 saturated carbocycles. The maximum atomic E-state index is 12.8. The SMILES string of the molecule is CC(Cc1ccc(F)cc1)Nc1c([N+](=O)[O-])ncn1C. The maximum Gasteiger partial charge on any atom is 0.406 e. The summed E-state index contributed by atoms with van der Waals surface area (Å²) >= 11 is 0. The number of aromatic nitrogens is 2. The molecule has 7 heteroatoms. The van der Waals surface area contributed by atoms with E-state index in [1.54, 1.807) is 23.7 Å². The van der Waals surface area contributed by atoms with Crippen LogP contribution in [0.15, 0.2) is 30.6 Å². The van der Waals surface area contributed by atoms with Crippen molar-refractivity contribution >= 4 is 11.6 Å². The van der Waals surface area contributed by atoms with Crippen LogP contribution in [0.25, 0.3) is 0 Å². The van der Waals surface area contributed by atoms with Crippen molar-refractivity contribution in [2.75, 3.05) is 5.32 Å². The molecular weight excluding hydrogens is 263 g/mol. The second-order valence-corrected chi connectivity index (χ2v) is 4.66. The van der Waals surface area contributed by atoms with Gasteiger partial charge in [0.25, 0.3) is 0 Å². The van der Waals surface area contributed by atoms with E-state index in [0.717, 1.165) is 5.56 Å². The van der Waals surface area contributed by atoms with E-state index in [2.05, 4.69) is 10.3 Å². The first kappa shape index (κ1) is 14.0. The highest BCUT2D eigenvalue weighted by molar-refractivity contribution is 5.52. The number of anilines is 1. The van der Waals surface area contributed by atoms with Crippen LogP contribution in [-0.2, 0) is 13.5 Å². The Bertz CT molecular complexity index is 609. The van der Waals surface area contributed by atoms with E-state index in [0.29, 0.717) is 12.2 Å². The summed E-state index contributed by atoms with van der Waals surface area (Å²) in [5, 5.41) is 13.9. The molecule has 1 aromatic carbocycles. The van der Waals surface area contributed by atoms with Crippen molar-refractivity contribution in [2.24, 2.45) is 7.05 Å². The lowest BCUT2D eigenvalue weighted by atomic mass is 10.1. The zero-order valence-electron chi connectivity index (χ0n) is 11.2. The smallest absolute Gasteiger partial charge is 0.362 e. The van der Waals surface area contributed by atoms with E-state index < -0.39 is 4.92 Å². The first-order chi connectivity index (χ1) is 9.47. The fourth-order valence-electron chi connectivity index (χ4n) is 1.98. The normalized spacial score (nSPS) is 12.2. The van der Waals surface area contributed by atoms with Crippen molar-refractivity contribution in [2.45, 2.75) is 19.4 Å². The van der Waals surface area contributed by atoms with Crippen molar-refractivity contribution in [1.82, 2.24) is 9.55 Å². The molecular formula is C13H15FN4O2. The number of nitrogens with zero attached hydrogens (tertiary/aromatic N) is 3. The Hall–Kier alpha value is -2.44. The second-order valence-electron chi connectivity index (χ2n) is 4.66. The molecule has 20 heavy (non-hydrogen) atoms. The lowest BCUT2D eigenvalue weighted by Crippen LogP contribution is -2.20. The third kappa shape index (κ3) is 3.11. The van der Waals surface area contributed by atoms with Gasteiger partial charge in [-0.05, 0) is 40.9 Å². The van der Waals surface area contributed by atoms with E-state index in [-0.39, 0.29) is 17.7 Å². The highest BCUT2D eigenvalue weighted by atomic mass is 19.1. The number of rotatable bonds is 5. The zero-order valence-corrected chi connectivity index (χ0v) is 11.2. The lowest BCUT2D eigenvalue weighted by molar-refractivity contribution is -0.388. The van der Waals surface area contributed by atoms with Gasteiger partial charge in [-0.25, -0.2) is 4.39 Å². The van der Waals surface area contributed by atoms with E-state index in [9.17, 15) is 14.5 Å². The van der Waals surface area contributed by atoms with Gasteiger partial charge in [0.15, 0.2) is 0 Å². The molecule has 106 valence electrons. The minimum atomic E-state index is -0.521. The number of hydrogen-bond donors (Lipinski definition) is 1. The largest absolute Gasteiger partial charge is 0.406 e. The second kappa shape index (κ2) is 5.68. The zero-order chi connectivity index (χ0) is 14.7. The molecule has 1 N–H and O–H groups in total. The molecule has 1 aromatic heterocycles. The Labute approximate surface area is 115 Å². The molecule has 2 aromatic rings. The molecule has 1 heterocycles. The third-order valence-electron chi connectivity index (χ3n) is 2.93. The van der Waals surface area contributed by atoms with Crippen molar-refractivity contribution in [3.63, 3.8) is 0 Å². The van der Waals surface area contributed by atoms with Gasteiger partial charge < -0.3 is 15.4 Å². The molecule has 1 atom stereocenters. The van der Waals surface area contributed by atoms with Gasteiger partial charge >= 0.3 is 5.82 Å². The van der Waals surface area contributed by atoms with Gasteiger partial charge in [-0.1, -0.05) is 12.1 Å². The molecule has 0 bridgehead atoms. The van der Waals surface area contributed by atoms with Crippen LogP contribution in [0, 0.1) is 15.9 Å². The molecule has 0 amide bonds. The van der Waals surface area contributed by atoms with Crippen LogP contribution in [0.5, 0.6) is 0 Å². The van der Waals surface area contributed by atoms with Gasteiger partial charge in [-0.2, -0.15) is 0 Å². The number of nitro groups is 1. The Morgan fingerprint density at radius 2 is 2.10 bits per heavy atom. The topological polar surface area (TPSA) is 73.0 Å². The van der Waals surface area contributed by atoms with Gasteiger partial charge in [0.1, 0.15) is 5.82 Å². The molecule has 0 fully saturated rings. The van der Waals surface area contributed by atoms with Gasteiger partial charge in [-0.15, -0.1) is 0 Å². The maximum absolute atomic E-state index is 12.8. The van der Waals surface area contributed by atoms with E-state index in [1.165, 1.54) is 18.5 Å². The number of aryl methyl sites for hydroxylation is 1. The van der Waals surface area contributed by atoms with Crippen LogP contribution in [0.4, 0.5) is 16.0 Å². The summed E-state index contributed by atoms with van der Waals surface area (Å²) in [4.78, 5) is 14.1. The van der Waals surface area contributed by atoms with Gasteiger partial charge in [0, 0.05) is 13.1 Å². The predicted molar refractivity (Wildman–Crippen MR) is 73.1 cm³/mol. The monoisotopic (exact) mass is 278 g/mol. The molecule has 0 aliphatic carbocycles. The van der Waals surface area contributed by atoms with Crippen LogP contribution in [-0.4, -0.2) is 20.5 Å². The standard InChI is InChI=1S/C13H15FN4O2/c1-9(7-10-3-5-11(14)6-4-10)16-13-12(18(19)20)15-8-17(13)2/h3-6,8-9,16H,7H2,1-2H3. The molecule has 6 nitrogen and oxygen atoms in total. The minimum Gasteiger partial charge on any atom is -0.362 e. The quantitative estimate of drug-likeness (QED) is 0.673. The van der Waals surface area contributed by atoms with Gasteiger partial charge in [-0.3, -0.25) is 4.57 Å². The number of nitrogens with one attached hydrogen (secondary N) is 1. The van der Waals surface area contributed by atoms with Crippen molar-refractivity contribution in [3.05, 3.63) is 52.1 Å². The summed E-state index contributed by atoms with van der Waals surface area (Å²) in [6.45, 7) is 1.90. The van der Waals surface area contributed by atoms with Crippen LogP contribution in [0.1, 0.15) is 12.5 Å². The number of halogens is 1. The summed E-state index contributed by atoms with van der Waals surface area (Å²) < 4.78 is 14.4. The van der Waals surface area contributed by atoms with Crippen molar-refractivity contribution < 1.29 is 9.31 Å². The first-order valence-electron chi connectivity index (χ1n) is 6.14. The van der Waals surface area contributed by atoms with E-state index in [4.69, 9.17) is 0 Å². The molecule has 0 spiro atoms. The average Bonchev–Trinajstić information content (AvgIpc) is 2.74. The molecule has 2 rings (SSSR count). The van der Waals surface area contributed by atoms with E-state index in [1.807, 2.05) is 6.92 Å². The fraction of sp³-hybridized carbons (Fsp3) is 0.308. The highest BCUT2D eigenvalue weighted by Crippen LogP contribution is 2.22. The van der Waals surface area contributed by atoms with Crippen LogP contribution in [0.2, 0.25) is 0 Å². The third-order valence-corrected chi connectivity index (χ3v) is 2.93. The summed E-state index contributed by atoms with van der Waals surface area (Å²) in [6, 6.07) is 6.15. The number of hydrogen-bond acceptors (Lipinski definition) is 4. The summed E-state index contributed by atoms with van der Waals surface area (Å²) in [6.07, 6.45) is 2.02. The fourth-order valence-corrected chi connectivity index (χ4v) is 1.98. The lowest BCUT2D eigenvalue weighted by Gasteiger charge is -2.14. The Balaban J connectivity index is 2.08. The van der Waals surface area contributed by atoms with E-state index >= 15 is 0 Å². The predicted octanol–water partition coefficient (Wildman–Crippen LogP) is 2.51. The van der Waals surface area contributed by atoms with Crippen LogP contribution < -0.4 is 5.32 Å².